The van der Waals surface area contributed by atoms with E-state index in [9.17, 15) is 77.6 Å². The molecule has 12 amide bonds. The van der Waals surface area contributed by atoms with Gasteiger partial charge in [-0.3, -0.25) is 62.5 Å². The molecule has 0 saturated carbocycles. The summed E-state index contributed by atoms with van der Waals surface area (Å²) in [6, 6.07) is 11.3. The zero-order valence-corrected chi connectivity index (χ0v) is 62.2. The van der Waals surface area contributed by atoms with Crippen molar-refractivity contribution in [2.75, 3.05) is 52.6 Å². The molecule has 1 fully saturated rings. The molecule has 19 N–H and O–H groups in total. The summed E-state index contributed by atoms with van der Waals surface area (Å²) in [6.45, 7) is 6.00. The first-order valence-corrected chi connectivity index (χ1v) is 35.6. The number of rotatable bonds is 41. The highest BCUT2D eigenvalue weighted by Crippen LogP contribution is 2.23. The number of nitrogens with zero attached hydrogens (tertiary/aromatic N) is 4. The van der Waals surface area contributed by atoms with Crippen LogP contribution in [-0.4, -0.2) is 242 Å². The minimum atomic E-state index is -1.75. The maximum atomic E-state index is 14.5. The molecule has 4 aromatic rings. The fraction of sp³-hybridized carbons (Fsp3) is 0.493. The summed E-state index contributed by atoms with van der Waals surface area (Å²) in [7, 11) is 2.64. The van der Waals surface area contributed by atoms with E-state index in [1.165, 1.54) is 51.9 Å². The Bertz CT molecular complexity index is 3680. The number of aliphatic hydroxyl groups excluding tert-OH is 1. The highest BCUT2D eigenvalue weighted by molar-refractivity contribution is 7.81. The van der Waals surface area contributed by atoms with E-state index in [-0.39, 0.29) is 81.4 Å². The van der Waals surface area contributed by atoms with Crippen LogP contribution in [0.5, 0.6) is 5.75 Å². The topological polar surface area (TPSA) is 507 Å². The van der Waals surface area contributed by atoms with Crippen LogP contribution in [0.2, 0.25) is 0 Å². The lowest BCUT2D eigenvalue weighted by Crippen LogP contribution is -2.63. The number of aromatic nitrogens is 1. The predicted molar refractivity (Wildman–Crippen MR) is 399 cm³/mol. The number of guanidine groups is 1. The summed E-state index contributed by atoms with van der Waals surface area (Å²) in [5.41, 5.74) is 19.2. The summed E-state index contributed by atoms with van der Waals surface area (Å²) in [6.07, 6.45) is 2.27. The molecule has 0 spiro atoms. The number of carboxylic acids is 1. The number of hydrogen-bond donors (Lipinski definition) is 18. The van der Waals surface area contributed by atoms with Gasteiger partial charge in [0.25, 0.3) is 0 Å². The Labute approximate surface area is 626 Å². The number of carboxylic acid groups (broad SMARTS) is 1. The number of phenols is 1. The number of H-pyrrole nitrogens is 1. The van der Waals surface area contributed by atoms with Crippen LogP contribution in [0.4, 0.5) is 0 Å². The second-order valence-corrected chi connectivity index (χ2v) is 28.5. The highest BCUT2D eigenvalue weighted by atomic mass is 32.1. The van der Waals surface area contributed by atoms with Crippen molar-refractivity contribution in [3.8, 4) is 5.75 Å². The molecular weight excluding hydrogens is 1410 g/mol. The van der Waals surface area contributed by atoms with Crippen molar-refractivity contribution >= 4 is 108 Å². The zero-order valence-electron chi connectivity index (χ0n) is 60.4. The molecular formula is C71H101N17O16S2. The molecule has 0 unspecified atom stereocenters. The zero-order chi connectivity index (χ0) is 78.5. The van der Waals surface area contributed by atoms with Crippen molar-refractivity contribution in [2.24, 2.45) is 28.1 Å². The van der Waals surface area contributed by atoms with Gasteiger partial charge in [0, 0.05) is 75.8 Å². The number of thiol groups is 2. The van der Waals surface area contributed by atoms with E-state index >= 15 is 0 Å². The summed E-state index contributed by atoms with van der Waals surface area (Å²) >= 11 is 8.61. The molecule has 11 atom stereocenters. The van der Waals surface area contributed by atoms with E-state index in [0.717, 1.165) is 9.80 Å². The smallest absolute Gasteiger partial charge is 0.327 e. The number of aromatic hydroxyl groups is 1. The Morgan fingerprint density at radius 1 is 0.651 bits per heavy atom. The molecule has 0 bridgehead atoms. The van der Waals surface area contributed by atoms with Crippen LogP contribution in [0.1, 0.15) is 89.0 Å². The van der Waals surface area contributed by atoms with Crippen molar-refractivity contribution in [3.05, 3.63) is 126 Å². The Hall–Kier alpha value is -10.3. The number of aliphatic carboxylic acids is 1. The SMILES string of the molecule is CC(C)C[C@@H](C(=O)N[C@@H](Cc1ccc(O)cc1)C(=O)N1CCC[C@H]1C(=O)N[C@@H](CS)C(=O)O)N(C)C(=O)CN(C)C(=O)CNC(=O)[C@H](Cc1ccccc1)NC(=O)[C@H](Cc1cc[nH]c1)NC(=O)CNC(=O)[C@@H](NC(=O)[C@@H](NC(=O)[C@H](Cc1ccccc1)NC(=O)[C@@H](N)CCCN=C(N)N)C(C)(C)S)[C@@H](C)O. The van der Waals surface area contributed by atoms with Crippen molar-refractivity contribution in [1.29, 1.82) is 0 Å². The van der Waals surface area contributed by atoms with Crippen LogP contribution in [0.3, 0.4) is 0 Å². The van der Waals surface area contributed by atoms with Gasteiger partial charge in [-0.1, -0.05) is 86.6 Å². The lowest BCUT2D eigenvalue weighted by Gasteiger charge is -2.33. The average molecular weight is 1510 g/mol. The van der Waals surface area contributed by atoms with Crippen LogP contribution in [-0.2, 0) is 88.0 Å². The number of aliphatic imine (C=N–C) groups is 1. The van der Waals surface area contributed by atoms with Crippen LogP contribution in [0.15, 0.2) is 108 Å². The molecule has 33 nitrogen and oxygen atoms in total. The first-order valence-electron chi connectivity index (χ1n) is 34.6. The molecule has 0 aliphatic carbocycles. The van der Waals surface area contributed by atoms with Gasteiger partial charge in [0.2, 0.25) is 70.9 Å². The van der Waals surface area contributed by atoms with E-state index in [1.807, 2.05) is 0 Å². The minimum Gasteiger partial charge on any atom is -0.508 e. The number of likely N-dealkylation sites (N-methyl/N-ethyl adjacent to an activating group) is 2. The molecule has 3 aromatic carbocycles. The van der Waals surface area contributed by atoms with Crippen LogP contribution in [0.25, 0.3) is 0 Å². The molecule has 106 heavy (non-hydrogen) atoms. The van der Waals surface area contributed by atoms with E-state index in [4.69, 9.17) is 17.2 Å². The van der Waals surface area contributed by atoms with Crippen LogP contribution in [0, 0.1) is 5.92 Å². The van der Waals surface area contributed by atoms with E-state index in [1.54, 1.807) is 105 Å². The van der Waals surface area contributed by atoms with Crippen molar-refractivity contribution < 1.29 is 77.6 Å². The molecule has 2 heterocycles. The Balaban J connectivity index is 1.25. The van der Waals surface area contributed by atoms with Crippen molar-refractivity contribution in [3.63, 3.8) is 0 Å². The van der Waals surface area contributed by atoms with Gasteiger partial charge in [-0.2, -0.15) is 25.3 Å². The molecule has 1 aliphatic rings. The summed E-state index contributed by atoms with van der Waals surface area (Å²) in [4.78, 5) is 190. The number of aromatic amines is 1. The molecule has 0 radical (unpaired) electrons. The first-order chi connectivity index (χ1) is 50.1. The van der Waals surface area contributed by atoms with E-state index in [0.29, 0.717) is 35.1 Å². The predicted octanol–water partition coefficient (Wildman–Crippen LogP) is -2.58. The largest absolute Gasteiger partial charge is 0.508 e. The maximum Gasteiger partial charge on any atom is 0.327 e. The molecule has 1 aromatic heterocycles. The molecule has 1 aliphatic heterocycles. The van der Waals surface area contributed by atoms with Gasteiger partial charge in [0.15, 0.2) is 5.96 Å². The number of nitrogens with two attached hydrogens (primary N) is 3. The van der Waals surface area contributed by atoms with E-state index in [2.05, 4.69) is 83.1 Å². The fourth-order valence-electron chi connectivity index (χ4n) is 11.4. The number of carbonyl (C=O) groups excluding carboxylic acids is 12. The number of amides is 12. The van der Waals surface area contributed by atoms with Gasteiger partial charge >= 0.3 is 5.97 Å². The second kappa shape index (κ2) is 42.0. The van der Waals surface area contributed by atoms with E-state index < -0.39 is 168 Å². The number of carbonyl (C=O) groups is 13. The normalized spacial score (nSPS) is 15.5. The third-order valence-electron chi connectivity index (χ3n) is 17.3. The van der Waals surface area contributed by atoms with Gasteiger partial charge in [-0.25, -0.2) is 4.79 Å². The second-order valence-electron chi connectivity index (χ2n) is 27.0. The monoisotopic (exact) mass is 1510 g/mol. The van der Waals surface area contributed by atoms with Gasteiger partial charge in [0.1, 0.15) is 60.1 Å². The average Bonchev–Trinajstić information content (AvgIpc) is 1.70. The quantitative estimate of drug-likeness (QED) is 0.00939. The van der Waals surface area contributed by atoms with Gasteiger partial charge in [-0.15, -0.1) is 0 Å². The van der Waals surface area contributed by atoms with Crippen LogP contribution >= 0.6 is 25.3 Å². The summed E-state index contributed by atoms with van der Waals surface area (Å²) < 4.78 is -1.36. The summed E-state index contributed by atoms with van der Waals surface area (Å²) in [5.74, 6) is -11.7. The minimum absolute atomic E-state index is 0.0335. The fourth-order valence-corrected chi connectivity index (χ4v) is 11.8. The van der Waals surface area contributed by atoms with Crippen molar-refractivity contribution in [1.82, 2.24) is 67.5 Å². The number of nitrogens with one attached hydrogen (secondary N) is 10. The third-order valence-corrected chi connectivity index (χ3v) is 18.0. The van der Waals surface area contributed by atoms with Gasteiger partial charge in [-0.05, 0) is 99.2 Å². The number of phenolic OH excluding ortho intramolecular Hbond substituents is 1. The summed E-state index contributed by atoms with van der Waals surface area (Å²) in [5, 5.41) is 53.5. The molecule has 35 heteroatoms. The molecule has 5 rings (SSSR count). The molecule has 578 valence electrons. The lowest BCUT2D eigenvalue weighted by atomic mass is 9.99. The van der Waals surface area contributed by atoms with Gasteiger partial charge in [0.05, 0.1) is 31.8 Å². The van der Waals surface area contributed by atoms with Gasteiger partial charge < -0.3 is 100 Å². The Kier molecular flexibility index (Phi) is 34.3. The number of hydrogen-bond acceptors (Lipinski definition) is 19. The molecule has 1 saturated heterocycles. The number of benzene rings is 3. The lowest BCUT2D eigenvalue weighted by molar-refractivity contribution is -0.146. The van der Waals surface area contributed by atoms with Crippen molar-refractivity contribution in [2.45, 2.75) is 164 Å². The maximum absolute atomic E-state index is 14.5. The third kappa shape index (κ3) is 28.0. The standard InChI is InChI=1S/C71H101N17O16S2/c1-40(2)30-54(65(99)82-51(33-44-22-24-46(90)25-23-44)68(102)88-29-15-21-53(88)64(98)83-52(39-105)69(103)104)87(7)57(93)38-86(6)56(92)37-78-61(95)48(31-42-16-10-8-11-17-42)81-62(96)49(34-45-26-28-75-35-45)79-55(91)36-77-66(100)58(41(3)89)84-67(101)59(71(4,5)106)85-63(97)50(32-43-18-12-9-13-19-43)80-60(94)47(72)20-14-27-76-70(73)74/h8-13,16-19,22-26,28,35,40-41,47-54,58-59,75,89-90,105-106H,14-15,20-21,27,29-34,36-39,72H2,1-7H3,(H,77,100)(H,78,95)(H,79,91)(H,80,94)(H,81,96)(H,82,99)(H,83,98)(H,84,101)(H,85,97)(H,103,104)(H4,73,74,76)/t41-,47+,48+,49+,50+,51+,52+,53+,54+,58+,59-/m1/s1. The number of aliphatic hydroxyl groups is 1. The Morgan fingerprint density at radius 3 is 1.75 bits per heavy atom. The first kappa shape index (κ1) is 86.4. The highest BCUT2D eigenvalue weighted by Gasteiger charge is 2.42. The number of likely N-dealkylation sites (tertiary alicyclic amines) is 1. The Morgan fingerprint density at radius 2 is 1.20 bits per heavy atom. The van der Waals surface area contributed by atoms with Crippen LogP contribution < -0.4 is 65.1 Å².